The van der Waals surface area contributed by atoms with Crippen molar-refractivity contribution in [3.63, 3.8) is 0 Å². The Morgan fingerprint density at radius 2 is 0.830 bits per heavy atom. The van der Waals surface area contributed by atoms with Gasteiger partial charge in [-0.1, -0.05) is 42.5 Å². The fourth-order valence-corrected chi connectivity index (χ4v) is 6.41. The molecule has 0 aliphatic carbocycles. The first-order valence-electron chi connectivity index (χ1n) is 14.1. The Labute approximate surface area is 272 Å². The van der Waals surface area contributed by atoms with Crippen LogP contribution in [0.1, 0.15) is 5.56 Å². The number of rotatable bonds is 10. The third-order valence-corrected chi connectivity index (χ3v) is 9.44. The Balaban J connectivity index is 1.15. The molecule has 240 valence electrons. The topological polar surface area (TPSA) is 175 Å². The van der Waals surface area contributed by atoms with E-state index >= 15 is 0 Å². The molecule has 0 bridgehead atoms. The first-order chi connectivity index (χ1) is 22.5. The lowest BCUT2D eigenvalue weighted by atomic mass is 10.2. The number of anilines is 6. The summed E-state index contributed by atoms with van der Waals surface area (Å²) in [6.07, 6.45) is 0. The maximum atomic E-state index is 12.7. The number of para-hydroxylation sites is 2. The third kappa shape index (κ3) is 8.87. The number of sulfonamides is 2. The van der Waals surface area contributed by atoms with Crippen LogP contribution in [-0.4, -0.2) is 28.9 Å². The minimum Gasteiger partial charge on any atom is -0.308 e. The van der Waals surface area contributed by atoms with E-state index in [0.29, 0.717) is 34.1 Å². The Morgan fingerprint density at radius 1 is 0.447 bits per heavy atom. The minimum absolute atomic E-state index is 0.0286. The average Bonchev–Trinajstić information content (AvgIpc) is 3.04. The van der Waals surface area contributed by atoms with Crippen molar-refractivity contribution < 1.29 is 26.4 Å². The van der Waals surface area contributed by atoms with Crippen LogP contribution in [0.25, 0.3) is 0 Å². The zero-order valence-corrected chi connectivity index (χ0v) is 26.5. The van der Waals surface area contributed by atoms with E-state index in [1.807, 2.05) is 0 Å². The van der Waals surface area contributed by atoms with Gasteiger partial charge in [0.05, 0.1) is 9.79 Å². The van der Waals surface area contributed by atoms with E-state index in [0.717, 1.165) is 5.56 Å². The quantitative estimate of drug-likeness (QED) is 0.0944. The summed E-state index contributed by atoms with van der Waals surface area (Å²) in [5.74, 6) is 0. The predicted octanol–water partition coefficient (Wildman–Crippen LogP) is 6.88. The molecule has 0 heterocycles. The molecule has 0 radical (unpaired) electrons. The molecule has 0 unspecified atom stereocenters. The van der Waals surface area contributed by atoms with Crippen molar-refractivity contribution in [3.05, 3.63) is 133 Å². The average molecular weight is 671 g/mol. The van der Waals surface area contributed by atoms with Crippen LogP contribution < -0.4 is 30.7 Å². The molecule has 4 amide bonds. The molecule has 6 N–H and O–H groups in total. The SMILES string of the molecule is Cc1ccc(NC(=O)Nc2ccc(S(=O)(=O)Nc3ccccc3)cc2)cc1NC(=O)Nc1ccc(S(=O)(=O)Nc2ccccc2)cc1. The molecular weight excluding hydrogens is 641 g/mol. The first-order valence-corrected chi connectivity index (χ1v) is 17.1. The molecule has 0 fully saturated rings. The number of hydrogen-bond acceptors (Lipinski definition) is 6. The van der Waals surface area contributed by atoms with Gasteiger partial charge in [0.25, 0.3) is 20.0 Å². The number of carbonyl (C=O) groups is 2. The van der Waals surface area contributed by atoms with E-state index in [1.54, 1.807) is 85.8 Å². The highest BCUT2D eigenvalue weighted by Gasteiger charge is 2.16. The van der Waals surface area contributed by atoms with Crippen molar-refractivity contribution in [2.24, 2.45) is 0 Å². The second-order valence-electron chi connectivity index (χ2n) is 10.2. The fourth-order valence-electron chi connectivity index (χ4n) is 4.29. The largest absolute Gasteiger partial charge is 0.323 e. The van der Waals surface area contributed by atoms with Crippen LogP contribution in [-0.2, 0) is 20.0 Å². The molecule has 0 aromatic heterocycles. The molecule has 47 heavy (non-hydrogen) atoms. The normalized spacial score (nSPS) is 11.2. The lowest BCUT2D eigenvalue weighted by Gasteiger charge is -2.13. The molecule has 0 spiro atoms. The van der Waals surface area contributed by atoms with E-state index in [1.165, 1.54) is 48.5 Å². The van der Waals surface area contributed by atoms with Crippen LogP contribution in [0, 0.1) is 6.92 Å². The van der Waals surface area contributed by atoms with Crippen molar-refractivity contribution in [3.8, 4) is 0 Å². The third-order valence-electron chi connectivity index (χ3n) is 6.64. The van der Waals surface area contributed by atoms with Crippen molar-refractivity contribution in [1.82, 2.24) is 0 Å². The Kier molecular flexibility index (Phi) is 9.73. The molecule has 12 nitrogen and oxygen atoms in total. The first kappa shape index (κ1) is 32.5. The second kappa shape index (κ2) is 14.1. The maximum absolute atomic E-state index is 12.7. The summed E-state index contributed by atoms with van der Waals surface area (Å²) in [7, 11) is -7.62. The Morgan fingerprint density at radius 3 is 1.28 bits per heavy atom. The molecular formula is C33H30N6O6S2. The molecule has 5 aromatic rings. The molecule has 0 aliphatic rings. The summed E-state index contributed by atoms with van der Waals surface area (Å²) in [6.45, 7) is 1.78. The zero-order chi connectivity index (χ0) is 33.4. The number of hydrogen-bond donors (Lipinski definition) is 6. The van der Waals surface area contributed by atoms with Gasteiger partial charge >= 0.3 is 12.1 Å². The van der Waals surface area contributed by atoms with Crippen LogP contribution >= 0.6 is 0 Å². The van der Waals surface area contributed by atoms with Crippen molar-refractivity contribution >= 4 is 66.2 Å². The van der Waals surface area contributed by atoms with Gasteiger partial charge < -0.3 is 21.3 Å². The Bertz CT molecular complexity index is 2090. The van der Waals surface area contributed by atoms with Gasteiger partial charge in [0.1, 0.15) is 0 Å². The van der Waals surface area contributed by atoms with Crippen LogP contribution in [0.3, 0.4) is 0 Å². The predicted molar refractivity (Wildman–Crippen MR) is 184 cm³/mol. The molecule has 0 saturated carbocycles. The van der Waals surface area contributed by atoms with Crippen LogP contribution in [0.4, 0.5) is 43.7 Å². The van der Waals surface area contributed by atoms with Crippen molar-refractivity contribution in [1.29, 1.82) is 0 Å². The number of aryl methyl sites for hydroxylation is 1. The molecule has 5 aromatic carbocycles. The van der Waals surface area contributed by atoms with E-state index in [-0.39, 0.29) is 9.79 Å². The molecule has 14 heteroatoms. The standard InChI is InChI=1S/C33H30N6O6S2/c1-23-12-13-28(36-32(40)34-24-14-18-29(19-15-24)46(42,43)38-26-8-4-2-5-9-26)22-31(23)37-33(41)35-25-16-20-30(21-17-25)47(44,45)39-27-10-6-3-7-11-27/h2-22,38-39H,1H3,(H2,34,36,40)(H2,35,37,41). The van der Waals surface area contributed by atoms with E-state index in [4.69, 9.17) is 0 Å². The molecule has 0 atom stereocenters. The van der Waals surface area contributed by atoms with Gasteiger partial charge in [0.2, 0.25) is 0 Å². The number of benzene rings is 5. The summed E-state index contributed by atoms with van der Waals surface area (Å²) in [5, 5.41) is 10.7. The van der Waals surface area contributed by atoms with Gasteiger partial charge in [-0.3, -0.25) is 9.44 Å². The van der Waals surface area contributed by atoms with Gasteiger partial charge in [0.15, 0.2) is 0 Å². The van der Waals surface area contributed by atoms with Crippen LogP contribution in [0.2, 0.25) is 0 Å². The highest BCUT2D eigenvalue weighted by molar-refractivity contribution is 7.93. The van der Waals surface area contributed by atoms with Gasteiger partial charge in [-0.2, -0.15) is 0 Å². The summed E-state index contributed by atoms with van der Waals surface area (Å²) < 4.78 is 55.6. The summed E-state index contributed by atoms with van der Waals surface area (Å²) in [4.78, 5) is 25.5. The van der Waals surface area contributed by atoms with Crippen LogP contribution in [0.15, 0.2) is 137 Å². The highest BCUT2D eigenvalue weighted by atomic mass is 32.2. The smallest absolute Gasteiger partial charge is 0.308 e. The molecule has 0 aliphatic heterocycles. The van der Waals surface area contributed by atoms with Crippen molar-refractivity contribution in [2.45, 2.75) is 16.7 Å². The Hall–Kier alpha value is -5.86. The lowest BCUT2D eigenvalue weighted by molar-refractivity contribution is 0.261. The summed E-state index contributed by atoms with van der Waals surface area (Å²) in [5.41, 5.74) is 3.11. The lowest BCUT2D eigenvalue weighted by Crippen LogP contribution is -2.21. The molecule has 0 saturated heterocycles. The van der Waals surface area contributed by atoms with Crippen LogP contribution in [0.5, 0.6) is 0 Å². The van der Waals surface area contributed by atoms with E-state index < -0.39 is 32.1 Å². The number of carbonyl (C=O) groups excluding carboxylic acids is 2. The number of amides is 4. The fraction of sp³-hybridized carbons (Fsp3) is 0.0303. The van der Waals surface area contributed by atoms with Gasteiger partial charge in [-0.15, -0.1) is 0 Å². The second-order valence-corrected chi connectivity index (χ2v) is 13.5. The maximum Gasteiger partial charge on any atom is 0.323 e. The minimum atomic E-state index is -3.81. The summed E-state index contributed by atoms with van der Waals surface area (Å²) in [6, 6.07) is 32.1. The van der Waals surface area contributed by atoms with Gasteiger partial charge in [0, 0.05) is 34.1 Å². The molecule has 5 rings (SSSR count). The van der Waals surface area contributed by atoms with Gasteiger partial charge in [-0.05, 0) is 97.4 Å². The van der Waals surface area contributed by atoms with Crippen molar-refractivity contribution in [2.75, 3.05) is 30.7 Å². The zero-order valence-electron chi connectivity index (χ0n) is 24.9. The number of urea groups is 2. The van der Waals surface area contributed by atoms with E-state index in [2.05, 4.69) is 30.7 Å². The number of nitrogens with one attached hydrogen (secondary N) is 6. The monoisotopic (exact) mass is 670 g/mol. The highest BCUT2D eigenvalue weighted by Crippen LogP contribution is 2.23. The van der Waals surface area contributed by atoms with Gasteiger partial charge in [-0.25, -0.2) is 26.4 Å². The summed E-state index contributed by atoms with van der Waals surface area (Å²) >= 11 is 0. The van der Waals surface area contributed by atoms with E-state index in [9.17, 15) is 26.4 Å².